The maximum atomic E-state index is 4.36. The first kappa shape index (κ1) is 30.4. The summed E-state index contributed by atoms with van der Waals surface area (Å²) in [6, 6.07) is 33.0. The lowest BCUT2D eigenvalue weighted by molar-refractivity contribution is 0.147. The first-order valence-corrected chi connectivity index (χ1v) is 19.7. The molecular formula is C44H50N8. The Morgan fingerprint density at radius 3 is 1.44 bits per heavy atom. The highest BCUT2D eigenvalue weighted by Crippen LogP contribution is 2.68. The number of nitrogens with one attached hydrogen (secondary N) is 4. The number of likely N-dealkylation sites (N-methyl/N-ethyl adjacent to an activating group) is 4. The SMILES string of the molecule is CN1CC[C@]2(c3cccc4c3N[C@@H]3N(C)CC[C@]43[C@@]34CCN(C)[C@@H]3Nc3ccccc34)c3cccc([C@@]45CCN(C)[C@@H]4Nc4ccccc45)c3N[C@H]12. The van der Waals surface area contributed by atoms with Gasteiger partial charge in [0.05, 0.1) is 35.5 Å². The van der Waals surface area contributed by atoms with Crippen molar-refractivity contribution in [3.8, 4) is 0 Å². The standard InChI is InChI=1S/C44H50N8/c1-49-23-19-41(27-11-5-7-17-33(27)45-37(41)49)29-13-9-14-30-35(29)47-38-42(30,20-24-50(38)2)31-15-10-16-32-36(31)48-40-44(32,22-26-52(40)4)43-21-25-51(3)39(43)46-34-18-8-6-12-28(34)43/h5-18,37-40,45-48H,19-26H2,1-4H3/t37-,38+,39-,40+,41-,42+,43+,44-/m0/s1. The zero-order valence-corrected chi connectivity index (χ0v) is 30.8. The Morgan fingerprint density at radius 1 is 0.404 bits per heavy atom. The molecule has 8 aliphatic heterocycles. The van der Waals surface area contributed by atoms with E-state index in [2.05, 4.69) is 154 Å². The Labute approximate surface area is 307 Å². The third-order valence-corrected chi connectivity index (χ3v) is 15.9. The molecule has 4 N–H and O–H groups in total. The molecule has 266 valence electrons. The minimum atomic E-state index is -0.172. The molecule has 0 bridgehead atoms. The van der Waals surface area contributed by atoms with Crippen molar-refractivity contribution in [1.82, 2.24) is 19.6 Å². The van der Waals surface area contributed by atoms with E-state index in [0.29, 0.717) is 0 Å². The van der Waals surface area contributed by atoms with E-state index >= 15 is 0 Å². The maximum Gasteiger partial charge on any atom is 0.0933 e. The van der Waals surface area contributed by atoms with Gasteiger partial charge in [0, 0.05) is 59.8 Å². The molecule has 4 saturated heterocycles. The fourth-order valence-electron chi connectivity index (χ4n) is 13.8. The highest BCUT2D eigenvalue weighted by molar-refractivity contribution is 5.81. The van der Waals surface area contributed by atoms with E-state index in [1.165, 1.54) is 56.1 Å². The van der Waals surface area contributed by atoms with Crippen LogP contribution in [0.15, 0.2) is 84.9 Å². The molecule has 8 nitrogen and oxygen atoms in total. The van der Waals surface area contributed by atoms with Gasteiger partial charge in [-0.1, -0.05) is 72.8 Å². The van der Waals surface area contributed by atoms with Gasteiger partial charge in [-0.15, -0.1) is 0 Å². The number of para-hydroxylation sites is 4. The number of benzene rings is 4. The van der Waals surface area contributed by atoms with Crippen molar-refractivity contribution < 1.29 is 0 Å². The van der Waals surface area contributed by atoms with Gasteiger partial charge >= 0.3 is 0 Å². The Morgan fingerprint density at radius 2 is 0.788 bits per heavy atom. The molecule has 0 unspecified atom stereocenters. The zero-order valence-electron chi connectivity index (χ0n) is 30.8. The Kier molecular flexibility index (Phi) is 5.79. The van der Waals surface area contributed by atoms with Gasteiger partial charge in [-0.2, -0.15) is 0 Å². The van der Waals surface area contributed by atoms with Crippen LogP contribution in [-0.4, -0.2) is 98.6 Å². The average Bonchev–Trinajstić information content (AvgIpc) is 4.03. The third-order valence-electron chi connectivity index (χ3n) is 15.9. The largest absolute Gasteiger partial charge is 0.369 e. The normalized spacial score (nSPS) is 38.0. The lowest BCUT2D eigenvalue weighted by Gasteiger charge is -2.48. The quantitative estimate of drug-likeness (QED) is 0.216. The molecule has 0 aromatic heterocycles. The number of likely N-dealkylation sites (tertiary alicyclic amines) is 4. The van der Waals surface area contributed by atoms with E-state index in [1.54, 1.807) is 0 Å². The van der Waals surface area contributed by atoms with Crippen molar-refractivity contribution in [3.63, 3.8) is 0 Å². The molecule has 4 aromatic rings. The van der Waals surface area contributed by atoms with Gasteiger partial charge in [0.25, 0.3) is 0 Å². The van der Waals surface area contributed by atoms with Crippen LogP contribution in [-0.2, 0) is 21.7 Å². The number of hydrogen-bond donors (Lipinski definition) is 4. The van der Waals surface area contributed by atoms with Gasteiger partial charge in [0.2, 0.25) is 0 Å². The summed E-state index contributed by atoms with van der Waals surface area (Å²) in [7, 11) is 9.31. The molecule has 0 saturated carbocycles. The molecule has 12 rings (SSSR count). The number of anilines is 4. The first-order valence-electron chi connectivity index (χ1n) is 19.7. The molecule has 0 aliphatic carbocycles. The van der Waals surface area contributed by atoms with E-state index in [0.717, 1.165) is 51.9 Å². The summed E-state index contributed by atoms with van der Waals surface area (Å²) in [5.41, 5.74) is 13.9. The topological polar surface area (TPSA) is 61.1 Å². The second-order valence-corrected chi connectivity index (χ2v) is 17.5. The molecule has 4 aromatic carbocycles. The lowest BCUT2D eigenvalue weighted by Crippen LogP contribution is -2.60. The van der Waals surface area contributed by atoms with Crippen LogP contribution >= 0.6 is 0 Å². The summed E-state index contributed by atoms with van der Waals surface area (Å²) in [5.74, 6) is 0. The van der Waals surface area contributed by atoms with E-state index in [4.69, 9.17) is 0 Å². The maximum absolute atomic E-state index is 4.36. The minimum absolute atomic E-state index is 0.0290. The van der Waals surface area contributed by atoms with Gasteiger partial charge in [-0.05, 0) is 99.4 Å². The van der Waals surface area contributed by atoms with Crippen molar-refractivity contribution in [3.05, 3.63) is 118 Å². The van der Waals surface area contributed by atoms with Crippen LogP contribution < -0.4 is 21.3 Å². The minimum Gasteiger partial charge on any atom is -0.369 e. The molecular weight excluding hydrogens is 641 g/mol. The predicted octanol–water partition coefficient (Wildman–Crippen LogP) is 5.78. The Hall–Kier alpha value is -4.08. The van der Waals surface area contributed by atoms with Gasteiger partial charge in [0.1, 0.15) is 0 Å². The summed E-state index contributed by atoms with van der Waals surface area (Å²) in [6.45, 7) is 4.34. The summed E-state index contributed by atoms with van der Waals surface area (Å²) >= 11 is 0. The molecule has 8 heterocycles. The van der Waals surface area contributed by atoms with Crippen LogP contribution in [0, 0.1) is 0 Å². The molecule has 0 spiro atoms. The van der Waals surface area contributed by atoms with Gasteiger partial charge in [0.15, 0.2) is 0 Å². The summed E-state index contributed by atoms with van der Waals surface area (Å²) in [6.07, 6.45) is 5.43. The fourth-order valence-corrected chi connectivity index (χ4v) is 13.8. The average molecular weight is 691 g/mol. The van der Waals surface area contributed by atoms with Crippen LogP contribution in [0.4, 0.5) is 22.7 Å². The van der Waals surface area contributed by atoms with Crippen molar-refractivity contribution >= 4 is 22.7 Å². The number of nitrogens with zero attached hydrogens (tertiary/aromatic N) is 4. The molecule has 8 atom stereocenters. The predicted molar refractivity (Wildman–Crippen MR) is 209 cm³/mol. The van der Waals surface area contributed by atoms with Crippen LogP contribution in [0.5, 0.6) is 0 Å². The fraction of sp³-hybridized carbons (Fsp3) is 0.455. The summed E-state index contributed by atoms with van der Waals surface area (Å²) < 4.78 is 0. The summed E-state index contributed by atoms with van der Waals surface area (Å²) in [5, 5.41) is 16.7. The van der Waals surface area contributed by atoms with Gasteiger partial charge in [-0.3, -0.25) is 19.6 Å². The first-order chi connectivity index (χ1) is 25.4. The summed E-state index contributed by atoms with van der Waals surface area (Å²) in [4.78, 5) is 10.3. The monoisotopic (exact) mass is 690 g/mol. The Bertz CT molecular complexity index is 2180. The van der Waals surface area contributed by atoms with Crippen LogP contribution in [0.3, 0.4) is 0 Å². The van der Waals surface area contributed by atoms with Crippen LogP contribution in [0.2, 0.25) is 0 Å². The molecule has 52 heavy (non-hydrogen) atoms. The zero-order chi connectivity index (χ0) is 34.8. The van der Waals surface area contributed by atoms with Crippen molar-refractivity contribution in [2.45, 2.75) is 72.0 Å². The highest BCUT2D eigenvalue weighted by atomic mass is 15.4. The van der Waals surface area contributed by atoms with Crippen molar-refractivity contribution in [2.24, 2.45) is 0 Å². The van der Waals surface area contributed by atoms with Crippen molar-refractivity contribution in [2.75, 3.05) is 75.6 Å². The van der Waals surface area contributed by atoms with E-state index in [1.807, 2.05) is 0 Å². The van der Waals surface area contributed by atoms with Crippen LogP contribution in [0.25, 0.3) is 0 Å². The molecule has 0 amide bonds. The van der Waals surface area contributed by atoms with Gasteiger partial charge in [-0.25, -0.2) is 0 Å². The second kappa shape index (κ2) is 9.91. The molecule has 8 heteroatoms. The number of rotatable bonds is 3. The van der Waals surface area contributed by atoms with E-state index in [9.17, 15) is 0 Å². The Balaban J connectivity index is 1.08. The number of hydrogen-bond acceptors (Lipinski definition) is 8. The molecule has 4 fully saturated rings. The smallest absolute Gasteiger partial charge is 0.0933 e. The third kappa shape index (κ3) is 3.17. The molecule has 0 radical (unpaired) electrons. The van der Waals surface area contributed by atoms with E-state index in [-0.39, 0.29) is 46.3 Å². The molecule has 8 aliphatic rings. The highest BCUT2D eigenvalue weighted by Gasteiger charge is 2.72. The van der Waals surface area contributed by atoms with E-state index < -0.39 is 0 Å². The number of fused-ring (bicyclic) bond motifs is 13. The van der Waals surface area contributed by atoms with Gasteiger partial charge < -0.3 is 21.3 Å². The lowest BCUT2D eigenvalue weighted by atomic mass is 9.54. The van der Waals surface area contributed by atoms with Crippen molar-refractivity contribution in [1.29, 1.82) is 0 Å². The van der Waals surface area contributed by atoms with Crippen LogP contribution in [0.1, 0.15) is 59.1 Å². The second-order valence-electron chi connectivity index (χ2n) is 17.5.